The van der Waals surface area contributed by atoms with E-state index in [2.05, 4.69) is 17.0 Å². The van der Waals surface area contributed by atoms with Crippen LogP contribution in [0.15, 0.2) is 24.3 Å². The summed E-state index contributed by atoms with van der Waals surface area (Å²) in [6.07, 6.45) is -2.41. The van der Waals surface area contributed by atoms with Crippen LogP contribution in [0.1, 0.15) is 19.8 Å². The first-order valence-corrected chi connectivity index (χ1v) is 6.20. The van der Waals surface area contributed by atoms with Crippen molar-refractivity contribution in [3.63, 3.8) is 0 Å². The number of unbranched alkanes of at least 4 members (excludes halogenated alkanes) is 1. The van der Waals surface area contributed by atoms with Crippen LogP contribution in [0.5, 0.6) is 11.5 Å². The normalized spacial score (nSPS) is 11.4. The molecule has 1 N–H and O–H groups in total. The Morgan fingerprint density at radius 3 is 2.26 bits per heavy atom. The topological polar surface area (TPSA) is 30.5 Å². The zero-order chi connectivity index (χ0) is 14.1. The third kappa shape index (κ3) is 7.56. The molecule has 0 aromatic heterocycles. The van der Waals surface area contributed by atoms with E-state index in [1.807, 2.05) is 0 Å². The molecule has 0 amide bonds. The van der Waals surface area contributed by atoms with Crippen molar-refractivity contribution < 1.29 is 22.6 Å². The predicted molar refractivity (Wildman–Crippen MR) is 66.4 cm³/mol. The van der Waals surface area contributed by atoms with Gasteiger partial charge < -0.3 is 14.8 Å². The quantitative estimate of drug-likeness (QED) is 0.739. The molecule has 0 aliphatic heterocycles. The summed E-state index contributed by atoms with van der Waals surface area (Å²) < 4.78 is 44.9. The van der Waals surface area contributed by atoms with E-state index in [1.165, 1.54) is 24.3 Å². The monoisotopic (exact) mass is 277 g/mol. The van der Waals surface area contributed by atoms with Gasteiger partial charge >= 0.3 is 6.36 Å². The molecule has 0 aliphatic rings. The van der Waals surface area contributed by atoms with Crippen LogP contribution in [0.4, 0.5) is 13.2 Å². The summed E-state index contributed by atoms with van der Waals surface area (Å²) in [5.74, 6) is 0.271. The van der Waals surface area contributed by atoms with E-state index in [4.69, 9.17) is 4.74 Å². The van der Waals surface area contributed by atoms with Gasteiger partial charge in [0.15, 0.2) is 0 Å². The van der Waals surface area contributed by atoms with Crippen molar-refractivity contribution >= 4 is 0 Å². The molecule has 0 heterocycles. The molecule has 0 saturated heterocycles. The van der Waals surface area contributed by atoms with E-state index >= 15 is 0 Å². The maximum absolute atomic E-state index is 11.9. The predicted octanol–water partition coefficient (Wildman–Crippen LogP) is 3.35. The van der Waals surface area contributed by atoms with E-state index in [9.17, 15) is 13.2 Å². The molecule has 1 aromatic rings. The Morgan fingerprint density at radius 1 is 1.05 bits per heavy atom. The van der Waals surface area contributed by atoms with E-state index in [-0.39, 0.29) is 5.75 Å². The lowest BCUT2D eigenvalue weighted by Gasteiger charge is -2.10. The minimum absolute atomic E-state index is 0.249. The Bertz CT molecular complexity index is 352. The van der Waals surface area contributed by atoms with Crippen LogP contribution in [0, 0.1) is 0 Å². The maximum atomic E-state index is 11.9. The lowest BCUT2D eigenvalue weighted by molar-refractivity contribution is -0.274. The fraction of sp³-hybridized carbons (Fsp3) is 0.538. The molecular formula is C13H18F3NO2. The highest BCUT2D eigenvalue weighted by molar-refractivity contribution is 5.31. The summed E-state index contributed by atoms with van der Waals surface area (Å²) in [7, 11) is 0. The lowest BCUT2D eigenvalue weighted by atomic mass is 10.3. The number of ether oxygens (including phenoxy) is 2. The smallest absolute Gasteiger partial charge is 0.492 e. The van der Waals surface area contributed by atoms with E-state index < -0.39 is 6.36 Å². The molecule has 6 heteroatoms. The van der Waals surface area contributed by atoms with Crippen LogP contribution in [-0.4, -0.2) is 26.1 Å². The summed E-state index contributed by atoms with van der Waals surface area (Å²) in [4.78, 5) is 0. The van der Waals surface area contributed by atoms with Gasteiger partial charge in [0.25, 0.3) is 0 Å². The van der Waals surface area contributed by atoms with Gasteiger partial charge in [0.1, 0.15) is 18.1 Å². The molecule has 0 saturated carbocycles. The Balaban J connectivity index is 2.25. The first kappa shape index (κ1) is 15.6. The van der Waals surface area contributed by atoms with Crippen molar-refractivity contribution in [2.45, 2.75) is 26.1 Å². The average molecular weight is 277 g/mol. The number of rotatable bonds is 8. The molecule has 0 atom stereocenters. The number of hydrogen-bond acceptors (Lipinski definition) is 3. The third-order valence-electron chi connectivity index (χ3n) is 2.31. The van der Waals surface area contributed by atoms with Crippen molar-refractivity contribution in [3.8, 4) is 11.5 Å². The van der Waals surface area contributed by atoms with Crippen LogP contribution < -0.4 is 14.8 Å². The van der Waals surface area contributed by atoms with Gasteiger partial charge in [0.05, 0.1) is 0 Å². The Kier molecular flexibility index (Phi) is 6.49. The van der Waals surface area contributed by atoms with Gasteiger partial charge in [-0.1, -0.05) is 13.3 Å². The molecule has 0 unspecified atom stereocenters. The Morgan fingerprint density at radius 2 is 1.68 bits per heavy atom. The van der Waals surface area contributed by atoms with Crippen molar-refractivity contribution in [2.24, 2.45) is 0 Å². The molecule has 0 fully saturated rings. The zero-order valence-electron chi connectivity index (χ0n) is 10.8. The van der Waals surface area contributed by atoms with Crippen LogP contribution in [-0.2, 0) is 0 Å². The maximum Gasteiger partial charge on any atom is 0.573 e. The van der Waals surface area contributed by atoms with Crippen LogP contribution in [0.2, 0.25) is 0 Å². The first-order chi connectivity index (χ1) is 9.01. The second-order valence-electron chi connectivity index (χ2n) is 3.97. The number of alkyl halides is 3. The molecule has 0 spiro atoms. The Labute approximate surface area is 110 Å². The van der Waals surface area contributed by atoms with Gasteiger partial charge in [-0.2, -0.15) is 0 Å². The van der Waals surface area contributed by atoms with Crippen LogP contribution >= 0.6 is 0 Å². The van der Waals surface area contributed by atoms with E-state index in [0.29, 0.717) is 18.9 Å². The molecule has 0 bridgehead atoms. The fourth-order valence-electron chi connectivity index (χ4n) is 1.41. The van der Waals surface area contributed by atoms with Gasteiger partial charge in [0.2, 0.25) is 0 Å². The summed E-state index contributed by atoms with van der Waals surface area (Å²) in [6.45, 7) is 4.24. The second-order valence-corrected chi connectivity index (χ2v) is 3.97. The summed E-state index contributed by atoms with van der Waals surface area (Å²) in [5.41, 5.74) is 0. The van der Waals surface area contributed by atoms with Gasteiger partial charge in [-0.05, 0) is 37.2 Å². The summed E-state index contributed by atoms with van der Waals surface area (Å²) in [6, 6.07) is 5.36. The first-order valence-electron chi connectivity index (χ1n) is 6.20. The number of benzene rings is 1. The minimum Gasteiger partial charge on any atom is -0.492 e. The van der Waals surface area contributed by atoms with Gasteiger partial charge in [-0.15, -0.1) is 13.2 Å². The summed E-state index contributed by atoms with van der Waals surface area (Å²) in [5, 5.41) is 3.20. The second kappa shape index (κ2) is 7.89. The molecule has 1 rings (SSSR count). The van der Waals surface area contributed by atoms with E-state index in [0.717, 1.165) is 19.4 Å². The molecule has 108 valence electrons. The largest absolute Gasteiger partial charge is 0.573 e. The number of hydrogen-bond donors (Lipinski definition) is 1. The molecule has 3 nitrogen and oxygen atoms in total. The molecule has 19 heavy (non-hydrogen) atoms. The highest BCUT2D eigenvalue weighted by Crippen LogP contribution is 2.24. The molecule has 0 radical (unpaired) electrons. The standard InChI is InChI=1S/C13H18F3NO2/c1-2-3-8-17-9-10-18-11-4-6-12(7-5-11)19-13(14,15)16/h4-7,17H,2-3,8-10H2,1H3. The fourth-order valence-corrected chi connectivity index (χ4v) is 1.41. The van der Waals surface area contributed by atoms with Gasteiger partial charge in [-0.25, -0.2) is 0 Å². The van der Waals surface area contributed by atoms with Crippen LogP contribution in [0.25, 0.3) is 0 Å². The van der Waals surface area contributed by atoms with Gasteiger partial charge in [0, 0.05) is 6.54 Å². The SMILES string of the molecule is CCCCNCCOc1ccc(OC(F)(F)F)cc1. The lowest BCUT2D eigenvalue weighted by Crippen LogP contribution is -2.22. The molecule has 0 aliphatic carbocycles. The Hall–Kier alpha value is -1.43. The zero-order valence-corrected chi connectivity index (χ0v) is 10.8. The number of halogens is 3. The molecule has 1 aromatic carbocycles. The minimum atomic E-state index is -4.66. The van der Waals surface area contributed by atoms with Crippen molar-refractivity contribution in [3.05, 3.63) is 24.3 Å². The highest BCUT2D eigenvalue weighted by Gasteiger charge is 2.30. The van der Waals surface area contributed by atoms with Crippen molar-refractivity contribution in [1.29, 1.82) is 0 Å². The third-order valence-corrected chi connectivity index (χ3v) is 2.31. The van der Waals surface area contributed by atoms with E-state index in [1.54, 1.807) is 0 Å². The average Bonchev–Trinajstić information content (AvgIpc) is 2.34. The van der Waals surface area contributed by atoms with Crippen molar-refractivity contribution in [2.75, 3.05) is 19.7 Å². The van der Waals surface area contributed by atoms with Gasteiger partial charge in [-0.3, -0.25) is 0 Å². The molecular weight excluding hydrogens is 259 g/mol. The summed E-state index contributed by atoms with van der Waals surface area (Å²) >= 11 is 0. The highest BCUT2D eigenvalue weighted by atomic mass is 19.4. The van der Waals surface area contributed by atoms with Crippen molar-refractivity contribution in [1.82, 2.24) is 5.32 Å². The van der Waals surface area contributed by atoms with Crippen LogP contribution in [0.3, 0.4) is 0 Å². The number of nitrogens with one attached hydrogen (secondary N) is 1.